The molecule has 0 radical (unpaired) electrons. The van der Waals surface area contributed by atoms with Crippen LogP contribution in [0.25, 0.3) is 0 Å². The van der Waals surface area contributed by atoms with Gasteiger partial charge in [0.15, 0.2) is 0 Å². The lowest BCUT2D eigenvalue weighted by Gasteiger charge is -2.26. The monoisotopic (exact) mass is 486 g/mol. The van der Waals surface area contributed by atoms with Gasteiger partial charge >= 0.3 is 5.69 Å². The Kier molecular flexibility index (Phi) is 8.62. The molecule has 2 aromatic rings. The average molecular weight is 487 g/mol. The van der Waals surface area contributed by atoms with Gasteiger partial charge in [0.05, 0.1) is 11.5 Å². The van der Waals surface area contributed by atoms with Crippen molar-refractivity contribution < 1.29 is 0 Å². The second-order valence-corrected chi connectivity index (χ2v) is 9.86. The summed E-state index contributed by atoms with van der Waals surface area (Å²) in [4.78, 5) is 27.3. The van der Waals surface area contributed by atoms with E-state index in [2.05, 4.69) is 54.4 Å². The lowest BCUT2D eigenvalue weighted by atomic mass is 9.78. The van der Waals surface area contributed by atoms with Crippen molar-refractivity contribution in [3.63, 3.8) is 0 Å². The molecule has 3 rings (SSSR count). The lowest BCUT2D eigenvalue weighted by Crippen LogP contribution is -2.25. The molecule has 1 N–H and O–H groups in total. The van der Waals surface area contributed by atoms with E-state index >= 15 is 0 Å². The van der Waals surface area contributed by atoms with Crippen molar-refractivity contribution in [3.05, 3.63) is 115 Å². The molecule has 0 spiro atoms. The van der Waals surface area contributed by atoms with Gasteiger partial charge in [0, 0.05) is 0 Å². The molecule has 1 heterocycles. The van der Waals surface area contributed by atoms with Crippen LogP contribution in [0.2, 0.25) is 0 Å². The van der Waals surface area contributed by atoms with Crippen molar-refractivity contribution in [3.8, 4) is 0 Å². The van der Waals surface area contributed by atoms with E-state index in [9.17, 15) is 9.70 Å². The summed E-state index contributed by atoms with van der Waals surface area (Å²) in [7, 11) is 0. The topological polar surface area (TPSA) is 80.1 Å². The quantitative estimate of drug-likeness (QED) is 0.317. The van der Waals surface area contributed by atoms with Crippen LogP contribution in [0.3, 0.4) is 0 Å². The second kappa shape index (κ2) is 11.5. The molecule has 190 valence electrons. The first-order chi connectivity index (χ1) is 17.1. The number of aromatic nitrogens is 3. The fourth-order valence-corrected chi connectivity index (χ4v) is 4.68. The van der Waals surface area contributed by atoms with Gasteiger partial charge < -0.3 is 0 Å². The Morgan fingerprint density at radius 2 is 1.92 bits per heavy atom. The van der Waals surface area contributed by atoms with Gasteiger partial charge in [-0.15, -0.1) is 0 Å². The zero-order valence-corrected chi connectivity index (χ0v) is 22.5. The van der Waals surface area contributed by atoms with Gasteiger partial charge in [0.25, 0.3) is 0 Å². The third-order valence-corrected chi connectivity index (χ3v) is 6.94. The van der Waals surface area contributed by atoms with Gasteiger partial charge in [-0.3, -0.25) is 4.98 Å². The summed E-state index contributed by atoms with van der Waals surface area (Å²) in [5, 5.41) is 8.02. The zero-order valence-electron chi connectivity index (χ0n) is 22.5. The van der Waals surface area contributed by atoms with E-state index in [-0.39, 0.29) is 11.7 Å². The van der Waals surface area contributed by atoms with Crippen LogP contribution >= 0.6 is 0 Å². The molecule has 3 atom stereocenters. The smallest absolute Gasteiger partial charge is 0.292 e. The molecule has 0 amide bonds. The van der Waals surface area contributed by atoms with Crippen molar-refractivity contribution in [1.29, 1.82) is 0 Å². The van der Waals surface area contributed by atoms with Crippen LogP contribution in [0.5, 0.6) is 0 Å². The van der Waals surface area contributed by atoms with Crippen LogP contribution in [0, 0.1) is 4.91 Å². The number of hydrogen-bond acceptors (Lipinski definition) is 4. The molecular weight excluding hydrogens is 448 g/mol. The van der Waals surface area contributed by atoms with Crippen LogP contribution in [0.1, 0.15) is 89.5 Å². The predicted octanol–water partition coefficient (Wildman–Crippen LogP) is 7.18. The van der Waals surface area contributed by atoms with Gasteiger partial charge in [0.2, 0.25) is 0 Å². The fourth-order valence-electron chi connectivity index (χ4n) is 4.68. The fraction of sp³-hybridized carbons (Fsp3) is 0.400. The Balaban J connectivity index is 2.18. The van der Waals surface area contributed by atoms with Crippen molar-refractivity contribution in [2.24, 2.45) is 5.18 Å². The molecule has 36 heavy (non-hydrogen) atoms. The molecule has 0 bridgehead atoms. The summed E-state index contributed by atoms with van der Waals surface area (Å²) in [5.41, 5.74) is 5.68. The Labute approximate surface area is 214 Å². The van der Waals surface area contributed by atoms with Crippen LogP contribution < -0.4 is 5.69 Å². The highest BCUT2D eigenvalue weighted by Gasteiger charge is 2.35. The van der Waals surface area contributed by atoms with Crippen molar-refractivity contribution in [2.75, 3.05) is 0 Å². The number of hydrogen-bond donors (Lipinski definition) is 1. The molecule has 1 aromatic heterocycles. The first-order valence-corrected chi connectivity index (χ1v) is 12.6. The SMILES string of the molecule is C/C=C\C(C)=C/C1=CC(C)(c2nn(C(C)/C=C\C(C)=C/C)c(=O)[nH]2)c2ccc(C(C)N=O)cc2CC1. The molecule has 6 heteroatoms. The number of aromatic amines is 1. The molecule has 1 aliphatic carbocycles. The van der Waals surface area contributed by atoms with E-state index in [1.54, 1.807) is 6.92 Å². The first kappa shape index (κ1) is 27.1. The van der Waals surface area contributed by atoms with Gasteiger partial charge in [-0.25, -0.2) is 9.48 Å². The van der Waals surface area contributed by atoms with Gasteiger partial charge in [-0.05, 0) is 78.0 Å². The number of rotatable bonds is 8. The van der Waals surface area contributed by atoms with Crippen molar-refractivity contribution in [2.45, 2.75) is 78.8 Å². The van der Waals surface area contributed by atoms with Crippen molar-refractivity contribution in [1.82, 2.24) is 14.8 Å². The number of H-pyrrole nitrogens is 1. The number of allylic oxidation sites excluding steroid dienone is 10. The third-order valence-electron chi connectivity index (χ3n) is 6.94. The minimum absolute atomic E-state index is 0.201. The van der Waals surface area contributed by atoms with Crippen LogP contribution in [-0.4, -0.2) is 14.8 Å². The molecule has 0 aliphatic heterocycles. The van der Waals surface area contributed by atoms with Crippen molar-refractivity contribution >= 4 is 0 Å². The molecule has 1 aromatic carbocycles. The number of nitroso groups, excluding NO2 is 1. The van der Waals surface area contributed by atoms with E-state index in [4.69, 9.17) is 5.10 Å². The molecule has 0 fully saturated rings. The highest BCUT2D eigenvalue weighted by molar-refractivity contribution is 5.50. The predicted molar refractivity (Wildman–Crippen MR) is 148 cm³/mol. The Morgan fingerprint density at radius 3 is 2.58 bits per heavy atom. The van der Waals surface area contributed by atoms with E-state index in [0.717, 1.165) is 40.7 Å². The zero-order chi connectivity index (χ0) is 26.5. The highest BCUT2D eigenvalue weighted by Crippen LogP contribution is 2.39. The maximum atomic E-state index is 13.0. The molecule has 0 saturated heterocycles. The Morgan fingerprint density at radius 1 is 1.17 bits per heavy atom. The van der Waals surface area contributed by atoms with Crippen LogP contribution in [-0.2, 0) is 11.8 Å². The van der Waals surface area contributed by atoms with E-state index in [0.29, 0.717) is 5.82 Å². The minimum Gasteiger partial charge on any atom is -0.292 e. The number of fused-ring (bicyclic) bond motifs is 1. The molecule has 3 unspecified atom stereocenters. The summed E-state index contributed by atoms with van der Waals surface area (Å²) in [6, 6.07) is 5.49. The first-order valence-electron chi connectivity index (χ1n) is 12.6. The third kappa shape index (κ3) is 5.81. The number of nitrogens with zero attached hydrogens (tertiary/aromatic N) is 3. The average Bonchev–Trinajstić information content (AvgIpc) is 3.20. The van der Waals surface area contributed by atoms with Crippen LogP contribution in [0.4, 0.5) is 0 Å². The largest absolute Gasteiger partial charge is 0.343 e. The normalized spacial score (nSPS) is 20.8. The molecule has 1 aliphatic rings. The Hall–Kier alpha value is -3.54. The lowest BCUT2D eigenvalue weighted by molar-refractivity contribution is 0.541. The maximum absolute atomic E-state index is 13.0. The van der Waals surface area contributed by atoms with Crippen LogP contribution in [0.15, 0.2) is 87.4 Å². The summed E-state index contributed by atoms with van der Waals surface area (Å²) < 4.78 is 1.51. The van der Waals surface area contributed by atoms with Gasteiger partial charge in [-0.1, -0.05) is 82.6 Å². The summed E-state index contributed by atoms with van der Waals surface area (Å²) in [6.45, 7) is 14.0. The number of aryl methyl sites for hydroxylation is 1. The van der Waals surface area contributed by atoms with Gasteiger partial charge in [0.1, 0.15) is 11.9 Å². The van der Waals surface area contributed by atoms with Gasteiger partial charge in [-0.2, -0.15) is 10.0 Å². The van der Waals surface area contributed by atoms with E-state index in [1.807, 2.05) is 58.1 Å². The van der Waals surface area contributed by atoms with E-state index in [1.165, 1.54) is 10.3 Å². The highest BCUT2D eigenvalue weighted by atomic mass is 16.3. The summed E-state index contributed by atoms with van der Waals surface area (Å²) in [6.07, 6.45) is 16.2. The number of benzene rings is 1. The molecular formula is C30H38N4O2. The maximum Gasteiger partial charge on any atom is 0.343 e. The number of nitrogens with one attached hydrogen (secondary N) is 1. The minimum atomic E-state index is -0.655. The summed E-state index contributed by atoms with van der Waals surface area (Å²) >= 11 is 0. The molecule has 0 saturated carbocycles. The molecule has 6 nitrogen and oxygen atoms in total. The van der Waals surface area contributed by atoms with E-state index < -0.39 is 11.5 Å². The summed E-state index contributed by atoms with van der Waals surface area (Å²) in [5.74, 6) is 0.600. The second-order valence-electron chi connectivity index (χ2n) is 9.86. The Bertz CT molecular complexity index is 1320. The standard InChI is InChI=1S/C30H38N4O2/c1-8-10-21(4)17-24-13-14-26-18-25(23(6)33-36)15-16-27(26)30(7,19-24)28-31-29(35)34(32-28)22(5)12-11-20(3)9-2/h8-12,15-19,22-23H,13-14H2,1-7H3,(H,31,32,35)/b10-8-,12-11-,20-9-,21-17-.